The molecule has 1 aromatic carbocycles. The highest BCUT2D eigenvalue weighted by atomic mass is 19.4. The predicted octanol–water partition coefficient (Wildman–Crippen LogP) is 2.30. The number of amides is 1. The Hall–Kier alpha value is -2.29. The van der Waals surface area contributed by atoms with Crippen molar-refractivity contribution in [2.45, 2.75) is 51.1 Å². The van der Waals surface area contributed by atoms with Gasteiger partial charge in [-0.1, -0.05) is 19.4 Å². The van der Waals surface area contributed by atoms with Gasteiger partial charge < -0.3 is 21.5 Å². The van der Waals surface area contributed by atoms with Crippen LogP contribution in [0.3, 0.4) is 0 Å². The maximum Gasteiger partial charge on any atom is 0.471 e. The summed E-state index contributed by atoms with van der Waals surface area (Å²) in [6.07, 6.45) is -4.44. The number of nitrogens with two attached hydrogens (primary N) is 2. The molecular formula is C16H21F3N4O2. The number of ether oxygens (including phenoxy) is 1. The van der Waals surface area contributed by atoms with Crippen molar-refractivity contribution in [2.24, 2.45) is 16.5 Å². The fourth-order valence-corrected chi connectivity index (χ4v) is 2.54. The van der Waals surface area contributed by atoms with Crippen LogP contribution in [0.25, 0.3) is 0 Å². The molecule has 0 saturated carbocycles. The van der Waals surface area contributed by atoms with Crippen molar-refractivity contribution in [3.63, 3.8) is 0 Å². The topological polar surface area (TPSA) is 103 Å². The van der Waals surface area contributed by atoms with E-state index < -0.39 is 24.2 Å². The standard InChI is InChI=1S/C16H21F3N4O2/c1-3-4-10(23-15(24)16(17,18)19)13(20)9-5-6-12-11(7-9)22-14(21)8(2)25-12/h5-8,10,13H,3-4,20H2,1-2H3,(H2,21,22)(H,23,24). The van der Waals surface area contributed by atoms with Gasteiger partial charge in [-0.3, -0.25) is 4.79 Å². The third-order valence-corrected chi connectivity index (χ3v) is 3.94. The Morgan fingerprint density at radius 3 is 2.72 bits per heavy atom. The van der Waals surface area contributed by atoms with E-state index in [9.17, 15) is 18.0 Å². The van der Waals surface area contributed by atoms with Crippen molar-refractivity contribution in [1.29, 1.82) is 0 Å². The molecular weight excluding hydrogens is 337 g/mol. The smallest absolute Gasteiger partial charge is 0.471 e. The molecule has 0 spiro atoms. The van der Waals surface area contributed by atoms with Gasteiger partial charge in [-0.25, -0.2) is 4.99 Å². The minimum Gasteiger partial charge on any atom is -0.481 e. The Bertz CT molecular complexity index is 676. The lowest BCUT2D eigenvalue weighted by Gasteiger charge is -2.27. The first-order chi connectivity index (χ1) is 11.6. The Kier molecular flexibility index (Phi) is 5.56. The summed E-state index contributed by atoms with van der Waals surface area (Å²) in [5.41, 5.74) is 12.9. The molecule has 25 heavy (non-hydrogen) atoms. The maximum absolute atomic E-state index is 12.5. The number of nitrogens with zero attached hydrogens (tertiary/aromatic N) is 1. The number of aliphatic imine (C=N–C) groups is 1. The molecule has 0 fully saturated rings. The molecule has 0 saturated heterocycles. The minimum atomic E-state index is -4.95. The summed E-state index contributed by atoms with van der Waals surface area (Å²) in [7, 11) is 0. The molecule has 5 N–H and O–H groups in total. The molecule has 0 aliphatic carbocycles. The van der Waals surface area contributed by atoms with Crippen molar-refractivity contribution < 1.29 is 22.7 Å². The molecule has 3 atom stereocenters. The highest BCUT2D eigenvalue weighted by molar-refractivity contribution is 5.89. The number of alkyl halides is 3. The van der Waals surface area contributed by atoms with E-state index >= 15 is 0 Å². The van der Waals surface area contributed by atoms with E-state index in [1.165, 1.54) is 0 Å². The van der Waals surface area contributed by atoms with Gasteiger partial charge in [0, 0.05) is 6.04 Å². The van der Waals surface area contributed by atoms with Crippen LogP contribution in [-0.4, -0.2) is 30.1 Å². The third kappa shape index (κ3) is 4.41. The van der Waals surface area contributed by atoms with E-state index in [-0.39, 0.29) is 6.10 Å². The lowest BCUT2D eigenvalue weighted by molar-refractivity contribution is -0.174. The zero-order chi connectivity index (χ0) is 18.8. The molecule has 2 rings (SSSR count). The van der Waals surface area contributed by atoms with Crippen LogP contribution in [0.2, 0.25) is 0 Å². The van der Waals surface area contributed by atoms with Gasteiger partial charge in [-0.05, 0) is 31.0 Å². The minimum absolute atomic E-state index is 0.300. The molecule has 9 heteroatoms. The van der Waals surface area contributed by atoms with Gasteiger partial charge >= 0.3 is 12.1 Å². The van der Waals surface area contributed by atoms with Gasteiger partial charge in [-0.15, -0.1) is 0 Å². The predicted molar refractivity (Wildman–Crippen MR) is 87.6 cm³/mol. The van der Waals surface area contributed by atoms with Gasteiger partial charge in [0.1, 0.15) is 17.3 Å². The number of rotatable bonds is 5. The molecule has 1 aromatic rings. The first kappa shape index (κ1) is 19.0. The SMILES string of the molecule is CCCC(NC(=O)C(F)(F)F)C(N)c1ccc2c(c1)N=C(N)C(C)O2. The summed E-state index contributed by atoms with van der Waals surface area (Å²) in [4.78, 5) is 15.5. The fraction of sp³-hybridized carbons (Fsp3) is 0.500. The summed E-state index contributed by atoms with van der Waals surface area (Å²) in [5.74, 6) is -1.18. The lowest BCUT2D eigenvalue weighted by atomic mass is 9.95. The lowest BCUT2D eigenvalue weighted by Crippen LogP contribution is -2.47. The summed E-state index contributed by atoms with van der Waals surface area (Å²) >= 11 is 0. The molecule has 138 valence electrons. The van der Waals surface area contributed by atoms with E-state index in [0.29, 0.717) is 35.7 Å². The second-order valence-corrected chi connectivity index (χ2v) is 5.92. The van der Waals surface area contributed by atoms with Crippen LogP contribution < -0.4 is 21.5 Å². The molecule has 3 unspecified atom stereocenters. The van der Waals surface area contributed by atoms with Gasteiger partial charge in [0.15, 0.2) is 6.10 Å². The van der Waals surface area contributed by atoms with Crippen molar-refractivity contribution >= 4 is 17.4 Å². The molecule has 1 heterocycles. The quantitative estimate of drug-likeness (QED) is 0.751. The van der Waals surface area contributed by atoms with E-state index in [1.807, 2.05) is 5.32 Å². The number of benzene rings is 1. The van der Waals surface area contributed by atoms with E-state index in [0.717, 1.165) is 0 Å². The van der Waals surface area contributed by atoms with Crippen LogP contribution in [0, 0.1) is 0 Å². The number of hydrogen-bond acceptors (Lipinski definition) is 5. The number of nitrogens with one attached hydrogen (secondary N) is 1. The first-order valence-corrected chi connectivity index (χ1v) is 7.91. The number of fused-ring (bicyclic) bond motifs is 1. The van der Waals surface area contributed by atoms with Crippen LogP contribution in [0.15, 0.2) is 23.2 Å². The Balaban J connectivity index is 2.24. The molecule has 0 bridgehead atoms. The number of halogens is 3. The van der Waals surface area contributed by atoms with E-state index in [4.69, 9.17) is 16.2 Å². The second kappa shape index (κ2) is 7.30. The van der Waals surface area contributed by atoms with Crippen LogP contribution >= 0.6 is 0 Å². The van der Waals surface area contributed by atoms with E-state index in [1.54, 1.807) is 32.0 Å². The van der Waals surface area contributed by atoms with Crippen LogP contribution in [0.5, 0.6) is 5.75 Å². The Morgan fingerprint density at radius 2 is 2.12 bits per heavy atom. The Labute approximate surface area is 143 Å². The average molecular weight is 358 g/mol. The van der Waals surface area contributed by atoms with Crippen molar-refractivity contribution in [3.05, 3.63) is 23.8 Å². The highest BCUT2D eigenvalue weighted by Gasteiger charge is 2.40. The number of hydrogen-bond donors (Lipinski definition) is 3. The van der Waals surface area contributed by atoms with Crippen LogP contribution in [-0.2, 0) is 4.79 Å². The summed E-state index contributed by atoms with van der Waals surface area (Å²) in [6.45, 7) is 3.55. The zero-order valence-corrected chi connectivity index (χ0v) is 13.9. The largest absolute Gasteiger partial charge is 0.481 e. The monoisotopic (exact) mass is 358 g/mol. The summed E-state index contributed by atoms with van der Waals surface area (Å²) in [6, 6.07) is 3.22. The second-order valence-electron chi connectivity index (χ2n) is 5.92. The van der Waals surface area contributed by atoms with Crippen LogP contribution in [0.4, 0.5) is 18.9 Å². The van der Waals surface area contributed by atoms with Gasteiger partial charge in [0.05, 0.1) is 6.04 Å². The highest BCUT2D eigenvalue weighted by Crippen LogP contribution is 2.35. The fourth-order valence-electron chi connectivity index (χ4n) is 2.54. The van der Waals surface area contributed by atoms with Crippen LogP contribution in [0.1, 0.15) is 38.3 Å². The van der Waals surface area contributed by atoms with Crippen molar-refractivity contribution in [1.82, 2.24) is 5.32 Å². The number of carbonyl (C=O) groups excluding carboxylic acids is 1. The number of amidine groups is 1. The third-order valence-electron chi connectivity index (χ3n) is 3.94. The normalized spacial score (nSPS) is 19.3. The molecule has 1 amide bonds. The molecule has 0 aromatic heterocycles. The van der Waals surface area contributed by atoms with Gasteiger partial charge in [-0.2, -0.15) is 13.2 Å². The zero-order valence-electron chi connectivity index (χ0n) is 13.9. The first-order valence-electron chi connectivity index (χ1n) is 7.91. The van der Waals surface area contributed by atoms with Crippen molar-refractivity contribution in [2.75, 3.05) is 0 Å². The number of carbonyl (C=O) groups is 1. The summed E-state index contributed by atoms with van der Waals surface area (Å²) < 4.78 is 43.1. The van der Waals surface area contributed by atoms with Gasteiger partial charge in [0.2, 0.25) is 0 Å². The average Bonchev–Trinajstić information content (AvgIpc) is 2.53. The summed E-state index contributed by atoms with van der Waals surface area (Å²) in [5, 5.41) is 1.97. The van der Waals surface area contributed by atoms with Gasteiger partial charge in [0.25, 0.3) is 0 Å². The Morgan fingerprint density at radius 1 is 1.44 bits per heavy atom. The molecule has 0 radical (unpaired) electrons. The molecule has 6 nitrogen and oxygen atoms in total. The van der Waals surface area contributed by atoms with Crippen molar-refractivity contribution in [3.8, 4) is 5.75 Å². The molecule has 1 aliphatic heterocycles. The van der Waals surface area contributed by atoms with E-state index in [2.05, 4.69) is 4.99 Å². The molecule has 1 aliphatic rings. The maximum atomic E-state index is 12.5.